The van der Waals surface area contributed by atoms with Crippen LogP contribution in [0.1, 0.15) is 38.3 Å². The van der Waals surface area contributed by atoms with Gasteiger partial charge in [0.1, 0.15) is 34.4 Å². The van der Waals surface area contributed by atoms with Gasteiger partial charge in [-0.15, -0.1) is 28.2 Å². The van der Waals surface area contributed by atoms with Crippen molar-refractivity contribution in [2.45, 2.75) is 49.0 Å². The molecule has 2 aromatic heterocycles. The molecular formula is C21H26N8O5S3. The summed E-state index contributed by atoms with van der Waals surface area (Å²) in [6.45, 7) is 2.45. The number of fused-ring (bicyclic) bond motifs is 1. The summed E-state index contributed by atoms with van der Waals surface area (Å²) < 4.78 is 0. The fraction of sp³-hybridized carbons (Fsp3) is 0.476. The summed E-state index contributed by atoms with van der Waals surface area (Å²) in [6, 6.07) is -0.915. The first-order valence-corrected chi connectivity index (χ1v) is 14.4. The number of anilines is 1. The molecule has 5 N–H and O–H groups in total. The van der Waals surface area contributed by atoms with Gasteiger partial charge in [-0.1, -0.05) is 36.7 Å². The minimum Gasteiger partial charge on any atom is -0.477 e. The van der Waals surface area contributed by atoms with E-state index in [-0.39, 0.29) is 22.2 Å². The van der Waals surface area contributed by atoms with E-state index in [0.717, 1.165) is 37.0 Å². The number of rotatable bonds is 13. The molecule has 1 unspecified atom stereocenters. The zero-order valence-electron chi connectivity index (χ0n) is 19.9. The van der Waals surface area contributed by atoms with Gasteiger partial charge in [0.25, 0.3) is 11.8 Å². The molecule has 1 fully saturated rings. The lowest BCUT2D eigenvalue weighted by Gasteiger charge is -2.49. The number of amides is 2. The van der Waals surface area contributed by atoms with E-state index < -0.39 is 29.2 Å². The second-order valence-electron chi connectivity index (χ2n) is 8.12. The molecule has 16 heteroatoms. The number of nitrogen functional groups attached to an aromatic ring is 1. The SMILES string of the molecule is CCCCCCON=C(C(=O)NC1C(=O)N2C(C(=O)O)=C(CSc3cn[nH]n3)CS[C@@H]12)c1csc(N)n1. The number of thioether (sulfide) groups is 2. The highest BCUT2D eigenvalue weighted by Crippen LogP contribution is 2.41. The van der Waals surface area contributed by atoms with Gasteiger partial charge in [-0.3, -0.25) is 14.5 Å². The van der Waals surface area contributed by atoms with Crippen LogP contribution in [-0.2, 0) is 19.2 Å². The van der Waals surface area contributed by atoms with Crippen LogP contribution in [0, 0.1) is 0 Å². The average molecular weight is 567 g/mol. The number of β-lactam (4-membered cyclic amide) rings is 1. The van der Waals surface area contributed by atoms with Crippen LogP contribution < -0.4 is 11.1 Å². The molecule has 2 aliphatic heterocycles. The van der Waals surface area contributed by atoms with Crippen LogP contribution in [-0.4, -0.2) is 83.4 Å². The van der Waals surface area contributed by atoms with Gasteiger partial charge in [-0.05, 0) is 18.4 Å². The average Bonchev–Trinajstić information content (AvgIpc) is 3.56. The van der Waals surface area contributed by atoms with Crippen molar-refractivity contribution >= 4 is 63.5 Å². The van der Waals surface area contributed by atoms with E-state index in [1.165, 1.54) is 34.6 Å². The third kappa shape index (κ3) is 6.24. The van der Waals surface area contributed by atoms with Crippen LogP contribution in [0.2, 0.25) is 0 Å². The molecule has 0 bridgehead atoms. The minimum absolute atomic E-state index is 0.0631. The lowest BCUT2D eigenvalue weighted by molar-refractivity contribution is -0.150. The second kappa shape index (κ2) is 12.4. The summed E-state index contributed by atoms with van der Waals surface area (Å²) in [4.78, 5) is 48.9. The number of oxime groups is 1. The lowest BCUT2D eigenvalue weighted by Crippen LogP contribution is -2.71. The lowest BCUT2D eigenvalue weighted by atomic mass is 10.0. The number of carbonyl (C=O) groups is 3. The maximum atomic E-state index is 13.1. The molecule has 2 atom stereocenters. The Morgan fingerprint density at radius 2 is 2.24 bits per heavy atom. The van der Waals surface area contributed by atoms with E-state index in [1.807, 2.05) is 0 Å². The van der Waals surface area contributed by atoms with E-state index in [9.17, 15) is 19.5 Å². The zero-order chi connectivity index (χ0) is 26.4. The molecule has 0 spiro atoms. The maximum Gasteiger partial charge on any atom is 0.352 e. The van der Waals surface area contributed by atoms with Crippen molar-refractivity contribution in [2.24, 2.45) is 5.16 Å². The van der Waals surface area contributed by atoms with Crippen LogP contribution in [0.15, 0.2) is 33.0 Å². The third-order valence-electron chi connectivity index (χ3n) is 5.55. The van der Waals surface area contributed by atoms with Crippen molar-refractivity contribution < 1.29 is 24.3 Å². The van der Waals surface area contributed by atoms with E-state index in [0.29, 0.717) is 28.7 Å². The number of carboxylic acids is 1. The zero-order valence-corrected chi connectivity index (χ0v) is 22.3. The van der Waals surface area contributed by atoms with Gasteiger partial charge in [0.2, 0.25) is 0 Å². The number of hydrogen-bond acceptors (Lipinski definition) is 12. The molecule has 0 aromatic carbocycles. The minimum atomic E-state index is -1.20. The number of unbranched alkanes of at least 4 members (excludes halogenated alkanes) is 3. The molecule has 4 rings (SSSR count). The van der Waals surface area contributed by atoms with Crippen LogP contribution in [0.5, 0.6) is 0 Å². The number of thiazole rings is 1. The van der Waals surface area contributed by atoms with Crippen molar-refractivity contribution in [3.05, 3.63) is 28.5 Å². The van der Waals surface area contributed by atoms with Gasteiger partial charge in [-0.2, -0.15) is 10.3 Å². The Morgan fingerprint density at radius 3 is 2.92 bits per heavy atom. The first-order chi connectivity index (χ1) is 17.9. The van der Waals surface area contributed by atoms with Crippen LogP contribution in [0.25, 0.3) is 0 Å². The van der Waals surface area contributed by atoms with Crippen molar-refractivity contribution in [3.63, 3.8) is 0 Å². The third-order valence-corrected chi connectivity index (χ3v) is 8.55. The monoisotopic (exact) mass is 566 g/mol. The number of nitrogens with zero attached hydrogens (tertiary/aromatic N) is 5. The van der Waals surface area contributed by atoms with E-state index in [2.05, 4.69) is 37.8 Å². The number of aliphatic carboxylic acids is 1. The number of nitrogens with one attached hydrogen (secondary N) is 2. The molecule has 2 aliphatic rings. The Bertz CT molecular complexity index is 1200. The fourth-order valence-electron chi connectivity index (χ4n) is 3.73. The van der Waals surface area contributed by atoms with E-state index >= 15 is 0 Å². The smallest absolute Gasteiger partial charge is 0.352 e. The predicted molar refractivity (Wildman–Crippen MR) is 140 cm³/mol. The molecule has 0 radical (unpaired) electrons. The van der Waals surface area contributed by atoms with Gasteiger partial charge in [0.05, 0.1) is 6.20 Å². The number of carbonyl (C=O) groups excluding carboxylic acids is 2. The molecule has 1 saturated heterocycles. The summed E-state index contributed by atoms with van der Waals surface area (Å²) in [7, 11) is 0. The summed E-state index contributed by atoms with van der Waals surface area (Å²) in [5.74, 6) is -1.63. The van der Waals surface area contributed by atoms with Gasteiger partial charge in [-0.25, -0.2) is 9.78 Å². The molecule has 4 heterocycles. The van der Waals surface area contributed by atoms with Gasteiger partial charge in [0.15, 0.2) is 10.8 Å². The van der Waals surface area contributed by atoms with Crippen molar-refractivity contribution in [3.8, 4) is 0 Å². The molecule has 0 aliphatic carbocycles. The predicted octanol–water partition coefficient (Wildman–Crippen LogP) is 1.68. The van der Waals surface area contributed by atoms with Gasteiger partial charge >= 0.3 is 5.97 Å². The summed E-state index contributed by atoms with van der Waals surface area (Å²) in [6.07, 6.45) is 5.48. The Morgan fingerprint density at radius 1 is 1.41 bits per heavy atom. The van der Waals surface area contributed by atoms with Crippen LogP contribution >= 0.6 is 34.9 Å². The van der Waals surface area contributed by atoms with Crippen molar-refractivity contribution in [1.29, 1.82) is 0 Å². The first kappa shape index (κ1) is 26.9. The Balaban J connectivity index is 1.44. The molecule has 13 nitrogen and oxygen atoms in total. The quantitative estimate of drug-likeness (QED) is 0.0907. The van der Waals surface area contributed by atoms with Crippen LogP contribution in [0.3, 0.4) is 0 Å². The van der Waals surface area contributed by atoms with Crippen molar-refractivity contribution in [1.82, 2.24) is 30.6 Å². The normalized spacial score (nSPS) is 19.4. The summed E-state index contributed by atoms with van der Waals surface area (Å²) in [5.41, 5.74) is 6.42. The first-order valence-electron chi connectivity index (χ1n) is 11.5. The van der Waals surface area contributed by atoms with Crippen molar-refractivity contribution in [2.75, 3.05) is 23.8 Å². The number of aromatic amines is 1. The van der Waals surface area contributed by atoms with E-state index in [4.69, 9.17) is 10.6 Å². The highest BCUT2D eigenvalue weighted by atomic mass is 32.2. The second-order valence-corrected chi connectivity index (χ2v) is 11.1. The highest BCUT2D eigenvalue weighted by Gasteiger charge is 2.54. The Hall–Kier alpha value is -3.11. The summed E-state index contributed by atoms with van der Waals surface area (Å²) >= 11 is 3.85. The molecule has 0 saturated carbocycles. The number of hydrogen-bond donors (Lipinski definition) is 4. The Labute approximate surface area is 224 Å². The molecule has 2 aromatic rings. The highest BCUT2D eigenvalue weighted by molar-refractivity contribution is 8.01. The molecule has 198 valence electrons. The van der Waals surface area contributed by atoms with Crippen LogP contribution in [0.4, 0.5) is 5.13 Å². The maximum absolute atomic E-state index is 13.1. The number of H-pyrrole nitrogens is 1. The number of aromatic nitrogens is 4. The number of nitrogens with two attached hydrogens (primary N) is 1. The fourth-order valence-corrected chi connectivity index (χ4v) is 6.55. The topological polar surface area (TPSA) is 189 Å². The molecule has 2 amide bonds. The van der Waals surface area contributed by atoms with Gasteiger partial charge < -0.3 is 21.0 Å². The standard InChI is InChI=1S/C21H26N8O5S3/c1-2-3-4-5-6-34-27-14(12-10-37-21(22)24-12)17(30)25-15-18(31)29-16(20(32)33)11(9-36-19(15)29)8-35-13-7-23-28-26-13/h7,10,15,19H,2-6,8-9H2,1H3,(H2,22,24)(H,25,30)(H,32,33)(H,23,26,28)/t15?,19-/m0/s1. The molecule has 37 heavy (non-hydrogen) atoms. The summed E-state index contributed by atoms with van der Waals surface area (Å²) in [5, 5.41) is 28.6. The number of carboxylic acid groups (broad SMARTS) is 1. The molecular weight excluding hydrogens is 540 g/mol. The Kier molecular flexibility index (Phi) is 9.04. The van der Waals surface area contributed by atoms with E-state index in [1.54, 1.807) is 5.38 Å². The largest absolute Gasteiger partial charge is 0.477 e. The van der Waals surface area contributed by atoms with Gasteiger partial charge in [0, 0.05) is 16.9 Å².